The summed E-state index contributed by atoms with van der Waals surface area (Å²) < 4.78 is 2.24. The second-order valence-corrected chi connectivity index (χ2v) is 12.9. The molecular formula is C25H30NO2P. The third kappa shape index (κ3) is 3.01. The van der Waals surface area contributed by atoms with E-state index in [0.717, 1.165) is 22.3 Å². The number of rotatable bonds is 8. The molecule has 0 saturated carbocycles. The molecule has 4 heteroatoms. The molecule has 0 amide bonds. The van der Waals surface area contributed by atoms with Crippen LogP contribution in [0.15, 0.2) is 91.0 Å². The van der Waals surface area contributed by atoms with Crippen LogP contribution in [-0.2, 0) is 4.79 Å². The van der Waals surface area contributed by atoms with E-state index in [1.54, 1.807) is 0 Å². The summed E-state index contributed by atoms with van der Waals surface area (Å²) >= 11 is 0. The van der Waals surface area contributed by atoms with Crippen molar-refractivity contribution in [3.8, 4) is 0 Å². The first-order valence-corrected chi connectivity index (χ1v) is 12.3. The van der Waals surface area contributed by atoms with Crippen LogP contribution >= 0.6 is 6.75 Å². The topological polar surface area (TPSA) is 40.5 Å². The minimum absolute atomic E-state index is 0.562. The molecular weight excluding hydrogens is 377 g/mol. The van der Waals surface area contributed by atoms with Gasteiger partial charge in [0, 0.05) is 0 Å². The van der Waals surface area contributed by atoms with Gasteiger partial charge in [-0.3, -0.25) is 0 Å². The van der Waals surface area contributed by atoms with Gasteiger partial charge in [-0.15, -0.1) is 0 Å². The van der Waals surface area contributed by atoms with Crippen LogP contribution in [0.5, 0.6) is 0 Å². The third-order valence-electron chi connectivity index (χ3n) is 6.12. The molecule has 0 bridgehead atoms. The summed E-state index contributed by atoms with van der Waals surface area (Å²) in [5.74, 6) is -0.741. The average Bonchev–Trinajstić information content (AvgIpc) is 2.76. The normalized spacial score (nSPS) is 14.1. The zero-order chi connectivity index (χ0) is 20.9. The van der Waals surface area contributed by atoms with Crippen LogP contribution in [0.4, 0.5) is 0 Å². The van der Waals surface area contributed by atoms with Gasteiger partial charge >= 0.3 is 174 Å². The molecule has 0 spiro atoms. The number of carbonyl (C=O) groups is 1. The van der Waals surface area contributed by atoms with E-state index < -0.39 is 18.4 Å². The summed E-state index contributed by atoms with van der Waals surface area (Å²) in [6, 6.07) is 30.8. The maximum absolute atomic E-state index is 13.0. The van der Waals surface area contributed by atoms with Gasteiger partial charge in [0.25, 0.3) is 0 Å². The van der Waals surface area contributed by atoms with Crippen LogP contribution in [0.1, 0.15) is 19.8 Å². The Kier molecular flexibility index (Phi) is 6.21. The van der Waals surface area contributed by atoms with E-state index in [2.05, 4.69) is 62.1 Å². The van der Waals surface area contributed by atoms with Gasteiger partial charge in [0.1, 0.15) is 0 Å². The van der Waals surface area contributed by atoms with Crippen LogP contribution in [-0.4, -0.2) is 35.5 Å². The summed E-state index contributed by atoms with van der Waals surface area (Å²) in [4.78, 5) is 13.0. The Labute approximate surface area is 174 Å². The van der Waals surface area contributed by atoms with Crippen molar-refractivity contribution in [2.24, 2.45) is 0 Å². The molecule has 29 heavy (non-hydrogen) atoms. The summed E-state index contributed by atoms with van der Waals surface area (Å²) in [6.07, 6.45) is 1.40. The Morgan fingerprint density at radius 2 is 1.14 bits per heavy atom. The number of carboxylic acids is 1. The number of aliphatic carboxylic acids is 1. The standard InChI is InChI=1S/C25H30NO2P/c1-4-14-24(25(27)28)29(26(2)3,21-15-8-5-9-16-21,22-17-10-6-11-18-22)23-19-12-7-13-20-23/h5-13,15-20,24H,4,14H2,1-3H3,(H,27,28). The van der Waals surface area contributed by atoms with Gasteiger partial charge in [-0.25, -0.2) is 0 Å². The van der Waals surface area contributed by atoms with E-state index in [1.165, 1.54) is 0 Å². The second-order valence-electron chi connectivity index (χ2n) is 7.63. The molecule has 1 N–H and O–H groups in total. The van der Waals surface area contributed by atoms with Crippen LogP contribution in [0.25, 0.3) is 0 Å². The van der Waals surface area contributed by atoms with E-state index in [9.17, 15) is 9.90 Å². The van der Waals surface area contributed by atoms with Crippen molar-refractivity contribution in [3.05, 3.63) is 91.0 Å². The van der Waals surface area contributed by atoms with Crippen molar-refractivity contribution in [3.63, 3.8) is 0 Å². The molecule has 3 nitrogen and oxygen atoms in total. The second kappa shape index (κ2) is 8.49. The molecule has 3 aromatic rings. The molecule has 0 radical (unpaired) electrons. The summed E-state index contributed by atoms with van der Waals surface area (Å²) in [7, 11) is 4.10. The monoisotopic (exact) mass is 407 g/mol. The Morgan fingerprint density at radius 1 is 0.793 bits per heavy atom. The minimum atomic E-state index is -3.56. The quantitative estimate of drug-likeness (QED) is 0.568. The number of benzene rings is 3. The molecule has 0 aliphatic carbocycles. The fraction of sp³-hybridized carbons (Fsp3) is 0.240. The first-order chi connectivity index (χ1) is 14.0. The van der Waals surface area contributed by atoms with E-state index in [1.807, 2.05) is 54.6 Å². The van der Waals surface area contributed by atoms with E-state index in [4.69, 9.17) is 0 Å². The predicted molar refractivity (Wildman–Crippen MR) is 125 cm³/mol. The van der Waals surface area contributed by atoms with Crippen molar-refractivity contribution in [1.29, 1.82) is 0 Å². The van der Waals surface area contributed by atoms with Gasteiger partial charge in [-0.1, -0.05) is 0 Å². The van der Waals surface area contributed by atoms with Crippen molar-refractivity contribution in [1.82, 2.24) is 4.67 Å². The molecule has 0 aromatic heterocycles. The summed E-state index contributed by atoms with van der Waals surface area (Å²) in [5, 5.41) is 13.9. The van der Waals surface area contributed by atoms with Crippen LogP contribution in [0.3, 0.4) is 0 Å². The molecule has 3 rings (SSSR count). The number of hydrogen-bond acceptors (Lipinski definition) is 2. The summed E-state index contributed by atoms with van der Waals surface area (Å²) in [5.41, 5.74) is -0.562. The Bertz CT molecular complexity index is 843. The van der Waals surface area contributed by atoms with Crippen LogP contribution < -0.4 is 15.9 Å². The Morgan fingerprint density at radius 3 is 1.38 bits per heavy atom. The molecule has 0 saturated heterocycles. The molecule has 0 heterocycles. The predicted octanol–water partition coefficient (Wildman–Crippen LogP) is 4.25. The number of nitrogens with zero attached hydrogens (tertiary/aromatic N) is 1. The first-order valence-electron chi connectivity index (χ1n) is 10.1. The third-order valence-corrected chi connectivity index (χ3v) is 13.5. The first kappa shape index (κ1) is 21.2. The number of hydrogen-bond donors (Lipinski definition) is 1. The fourth-order valence-electron chi connectivity index (χ4n) is 5.01. The van der Waals surface area contributed by atoms with Gasteiger partial charge in [0.15, 0.2) is 0 Å². The van der Waals surface area contributed by atoms with Gasteiger partial charge in [-0.2, -0.15) is 0 Å². The molecule has 0 aliphatic rings. The molecule has 0 fully saturated rings. The zero-order valence-corrected chi connectivity index (χ0v) is 18.3. The number of carboxylic acid groups (broad SMARTS) is 1. The molecule has 3 aromatic carbocycles. The Balaban J connectivity index is 2.65. The molecule has 1 unspecified atom stereocenters. The van der Waals surface area contributed by atoms with Gasteiger partial charge < -0.3 is 0 Å². The zero-order valence-electron chi connectivity index (χ0n) is 17.4. The maximum atomic E-state index is 13.0. The van der Waals surface area contributed by atoms with Crippen LogP contribution in [0, 0.1) is 0 Å². The Hall–Kier alpha value is -2.48. The average molecular weight is 407 g/mol. The van der Waals surface area contributed by atoms with Crippen molar-refractivity contribution in [2.45, 2.75) is 25.4 Å². The fourth-order valence-corrected chi connectivity index (χ4v) is 12.4. The molecule has 1 atom stereocenters. The summed E-state index contributed by atoms with van der Waals surface area (Å²) in [6.45, 7) is -1.49. The molecule has 152 valence electrons. The van der Waals surface area contributed by atoms with E-state index in [0.29, 0.717) is 6.42 Å². The van der Waals surface area contributed by atoms with Gasteiger partial charge in [0.05, 0.1) is 0 Å². The van der Waals surface area contributed by atoms with E-state index >= 15 is 0 Å². The van der Waals surface area contributed by atoms with Crippen molar-refractivity contribution >= 4 is 28.6 Å². The van der Waals surface area contributed by atoms with Gasteiger partial charge in [-0.05, 0) is 0 Å². The SMILES string of the molecule is CCCC(C(=O)O)P(c1ccccc1)(c1ccccc1)(c1ccccc1)N(C)C. The van der Waals surface area contributed by atoms with Crippen molar-refractivity contribution < 1.29 is 9.90 Å². The van der Waals surface area contributed by atoms with Gasteiger partial charge in [0.2, 0.25) is 0 Å². The van der Waals surface area contributed by atoms with Crippen LogP contribution in [0.2, 0.25) is 0 Å². The molecule has 0 aliphatic heterocycles. The van der Waals surface area contributed by atoms with Crippen molar-refractivity contribution in [2.75, 3.05) is 14.1 Å². The van der Waals surface area contributed by atoms with E-state index in [-0.39, 0.29) is 0 Å².